The van der Waals surface area contributed by atoms with Gasteiger partial charge in [-0.05, 0) is 49.8 Å². The first-order valence-corrected chi connectivity index (χ1v) is 7.16. The largest absolute Gasteiger partial charge is 0.463 e. The second kappa shape index (κ2) is 6.95. The van der Waals surface area contributed by atoms with Crippen molar-refractivity contribution in [3.05, 3.63) is 65.1 Å². The zero-order valence-electron chi connectivity index (χ0n) is 13.0. The lowest BCUT2D eigenvalue weighted by molar-refractivity contribution is -0.117. The Morgan fingerprint density at radius 1 is 1.43 bits per heavy atom. The molecule has 5 nitrogen and oxygen atoms in total. The summed E-state index contributed by atoms with van der Waals surface area (Å²) < 4.78 is 5.39. The Labute approximate surface area is 134 Å². The first kappa shape index (κ1) is 16.5. The van der Waals surface area contributed by atoms with Gasteiger partial charge in [0.1, 0.15) is 17.1 Å². The highest BCUT2D eigenvalue weighted by molar-refractivity contribution is 5.91. The van der Waals surface area contributed by atoms with Gasteiger partial charge >= 0.3 is 0 Å². The van der Waals surface area contributed by atoms with E-state index in [9.17, 15) is 9.90 Å². The molecule has 2 aromatic rings. The Morgan fingerprint density at radius 2 is 2.22 bits per heavy atom. The van der Waals surface area contributed by atoms with E-state index in [4.69, 9.17) is 9.68 Å². The number of aliphatic hydroxyl groups is 1. The van der Waals surface area contributed by atoms with Gasteiger partial charge in [0.2, 0.25) is 5.91 Å². The highest BCUT2D eigenvalue weighted by atomic mass is 16.4. The summed E-state index contributed by atoms with van der Waals surface area (Å²) in [6, 6.07) is 12.4. The molecule has 0 radical (unpaired) electrons. The van der Waals surface area contributed by atoms with Gasteiger partial charge in [-0.25, -0.2) is 0 Å². The topological polar surface area (TPSA) is 86.3 Å². The average Bonchev–Trinajstić information content (AvgIpc) is 2.98. The van der Waals surface area contributed by atoms with E-state index in [1.807, 2.05) is 6.07 Å². The lowest BCUT2D eigenvalue weighted by Crippen LogP contribution is -2.37. The van der Waals surface area contributed by atoms with Gasteiger partial charge in [-0.15, -0.1) is 0 Å². The Kier molecular flexibility index (Phi) is 4.99. The minimum Gasteiger partial charge on any atom is -0.463 e. The fraction of sp³-hybridized carbons (Fsp3) is 0.222. The van der Waals surface area contributed by atoms with Gasteiger partial charge < -0.3 is 14.8 Å². The van der Waals surface area contributed by atoms with E-state index in [0.717, 1.165) is 5.56 Å². The van der Waals surface area contributed by atoms with Crippen molar-refractivity contribution in [1.82, 2.24) is 5.32 Å². The quantitative estimate of drug-likeness (QED) is 0.831. The maximum Gasteiger partial charge on any atom is 0.244 e. The van der Waals surface area contributed by atoms with Crippen molar-refractivity contribution >= 4 is 12.0 Å². The summed E-state index contributed by atoms with van der Waals surface area (Å²) >= 11 is 0. The molecule has 1 atom stereocenters. The number of furan rings is 1. The summed E-state index contributed by atoms with van der Waals surface area (Å²) in [4.78, 5) is 11.8. The molecular weight excluding hydrogens is 292 g/mol. The van der Waals surface area contributed by atoms with Crippen molar-refractivity contribution < 1.29 is 14.3 Å². The molecule has 0 aliphatic carbocycles. The lowest BCUT2D eigenvalue weighted by atomic mass is 10.0. The van der Waals surface area contributed by atoms with Crippen LogP contribution in [0.5, 0.6) is 0 Å². The highest BCUT2D eigenvalue weighted by Gasteiger charge is 2.27. The molecule has 1 aromatic carbocycles. The maximum atomic E-state index is 11.8. The molecule has 1 amide bonds. The summed E-state index contributed by atoms with van der Waals surface area (Å²) in [5.74, 6) is 0.765. The second-order valence-electron chi connectivity index (χ2n) is 5.47. The number of nitriles is 1. The Morgan fingerprint density at radius 3 is 2.87 bits per heavy atom. The van der Waals surface area contributed by atoms with Crippen LogP contribution < -0.4 is 5.32 Å². The maximum absolute atomic E-state index is 11.8. The van der Waals surface area contributed by atoms with Gasteiger partial charge in [0.15, 0.2) is 0 Å². The van der Waals surface area contributed by atoms with Crippen LogP contribution in [0.15, 0.2) is 46.9 Å². The van der Waals surface area contributed by atoms with Crippen LogP contribution in [0.4, 0.5) is 0 Å². The number of benzene rings is 1. The Bertz CT molecular complexity index is 767. The number of carbonyl (C=O) groups is 1. The molecule has 0 fully saturated rings. The molecule has 0 aliphatic heterocycles. The monoisotopic (exact) mass is 310 g/mol. The van der Waals surface area contributed by atoms with Crippen LogP contribution in [0.2, 0.25) is 0 Å². The van der Waals surface area contributed by atoms with Crippen molar-refractivity contribution in [3.8, 4) is 6.07 Å². The third-order valence-corrected chi connectivity index (χ3v) is 3.32. The fourth-order valence-electron chi connectivity index (χ4n) is 2.01. The minimum absolute atomic E-state index is 0.0291. The zero-order chi connectivity index (χ0) is 16.9. The normalized spacial score (nSPS) is 13.5. The summed E-state index contributed by atoms with van der Waals surface area (Å²) in [5, 5.41) is 21.8. The molecule has 118 valence electrons. The van der Waals surface area contributed by atoms with Gasteiger partial charge in [-0.1, -0.05) is 12.1 Å². The van der Waals surface area contributed by atoms with Crippen molar-refractivity contribution in [2.24, 2.45) is 0 Å². The van der Waals surface area contributed by atoms with Gasteiger partial charge in [0.25, 0.3) is 0 Å². The number of amides is 1. The predicted molar refractivity (Wildman–Crippen MR) is 86.2 cm³/mol. The highest BCUT2D eigenvalue weighted by Crippen LogP contribution is 2.21. The number of hydrogen-bond donors (Lipinski definition) is 2. The molecule has 5 heteroatoms. The summed E-state index contributed by atoms with van der Waals surface area (Å²) in [5.41, 5.74) is 0.00896. The van der Waals surface area contributed by atoms with E-state index in [2.05, 4.69) is 5.32 Å². The average molecular weight is 310 g/mol. The third kappa shape index (κ3) is 4.56. The van der Waals surface area contributed by atoms with Crippen LogP contribution in [0.25, 0.3) is 6.08 Å². The molecule has 2 rings (SSSR count). The molecule has 0 saturated heterocycles. The van der Waals surface area contributed by atoms with Gasteiger partial charge in [-0.2, -0.15) is 5.26 Å². The SMILES string of the molecule is Cc1ccc(C(C)(O)CNC(=O)C=Cc2cccc(C#N)c2)o1. The summed E-state index contributed by atoms with van der Waals surface area (Å²) in [6.45, 7) is 3.39. The smallest absolute Gasteiger partial charge is 0.244 e. The number of nitrogens with zero attached hydrogens (tertiary/aromatic N) is 1. The molecule has 0 saturated carbocycles. The second-order valence-corrected chi connectivity index (χ2v) is 5.47. The van der Waals surface area contributed by atoms with E-state index in [-0.39, 0.29) is 12.5 Å². The molecule has 1 heterocycles. The minimum atomic E-state index is -1.28. The molecule has 23 heavy (non-hydrogen) atoms. The van der Waals surface area contributed by atoms with E-state index in [1.54, 1.807) is 56.3 Å². The van der Waals surface area contributed by atoms with Crippen LogP contribution in [0.3, 0.4) is 0 Å². The van der Waals surface area contributed by atoms with Gasteiger partial charge in [0.05, 0.1) is 18.2 Å². The third-order valence-electron chi connectivity index (χ3n) is 3.32. The van der Waals surface area contributed by atoms with Gasteiger partial charge in [-0.3, -0.25) is 4.79 Å². The Hall–Kier alpha value is -2.84. The van der Waals surface area contributed by atoms with Crippen LogP contribution in [0, 0.1) is 18.3 Å². The van der Waals surface area contributed by atoms with E-state index < -0.39 is 5.60 Å². The van der Waals surface area contributed by atoms with Crippen LogP contribution in [-0.2, 0) is 10.4 Å². The number of carbonyl (C=O) groups excluding carboxylic acids is 1. The first-order valence-electron chi connectivity index (χ1n) is 7.16. The van der Waals surface area contributed by atoms with Crippen molar-refractivity contribution in [3.63, 3.8) is 0 Å². The number of aryl methyl sites for hydroxylation is 1. The zero-order valence-corrected chi connectivity index (χ0v) is 13.0. The summed E-state index contributed by atoms with van der Waals surface area (Å²) in [6.07, 6.45) is 2.97. The van der Waals surface area contributed by atoms with Crippen LogP contribution >= 0.6 is 0 Å². The number of hydrogen-bond acceptors (Lipinski definition) is 4. The molecule has 1 unspecified atom stereocenters. The fourth-order valence-corrected chi connectivity index (χ4v) is 2.01. The standard InChI is InChI=1S/C18H18N2O3/c1-13-6-8-16(23-13)18(2,22)12-20-17(21)9-7-14-4-3-5-15(10-14)11-19/h3-10,22H,12H2,1-2H3,(H,20,21). The summed E-state index contributed by atoms with van der Waals surface area (Å²) in [7, 11) is 0. The van der Waals surface area contributed by atoms with E-state index in [1.165, 1.54) is 6.08 Å². The molecule has 1 aromatic heterocycles. The van der Waals surface area contributed by atoms with Crippen molar-refractivity contribution in [2.75, 3.05) is 6.54 Å². The number of rotatable bonds is 5. The van der Waals surface area contributed by atoms with Crippen LogP contribution in [-0.4, -0.2) is 17.6 Å². The molecule has 0 spiro atoms. The van der Waals surface area contributed by atoms with Crippen molar-refractivity contribution in [1.29, 1.82) is 5.26 Å². The lowest BCUT2D eigenvalue weighted by Gasteiger charge is -2.20. The molecule has 0 aliphatic rings. The van der Waals surface area contributed by atoms with Crippen molar-refractivity contribution in [2.45, 2.75) is 19.4 Å². The van der Waals surface area contributed by atoms with E-state index >= 15 is 0 Å². The molecule has 2 N–H and O–H groups in total. The predicted octanol–water partition coefficient (Wildman–Crippen LogP) is 2.50. The van der Waals surface area contributed by atoms with E-state index in [0.29, 0.717) is 17.1 Å². The Balaban J connectivity index is 1.94. The van der Waals surface area contributed by atoms with Gasteiger partial charge in [0, 0.05) is 6.08 Å². The molecular formula is C18H18N2O3. The van der Waals surface area contributed by atoms with Crippen LogP contribution in [0.1, 0.15) is 29.6 Å². The number of nitrogens with one attached hydrogen (secondary N) is 1. The first-order chi connectivity index (χ1) is 10.9. The molecule has 0 bridgehead atoms.